The van der Waals surface area contributed by atoms with Crippen molar-refractivity contribution in [1.82, 2.24) is 0 Å². The fraction of sp³-hybridized carbons (Fsp3) is 1.00. The molecule has 1 aliphatic carbocycles. The van der Waals surface area contributed by atoms with E-state index in [0.29, 0.717) is 5.92 Å². The Bertz CT molecular complexity index is 318. The van der Waals surface area contributed by atoms with E-state index in [1.807, 2.05) is 0 Å². The minimum absolute atomic E-state index is 0.0668. The molecule has 2 fully saturated rings. The van der Waals surface area contributed by atoms with Gasteiger partial charge in [0.1, 0.15) is 0 Å². The van der Waals surface area contributed by atoms with Gasteiger partial charge in [0.25, 0.3) is 10.1 Å². The van der Waals surface area contributed by atoms with Crippen LogP contribution in [-0.2, 0) is 19.0 Å². The number of hydrogen-bond donors (Lipinski definition) is 0. The van der Waals surface area contributed by atoms with Crippen molar-refractivity contribution in [2.24, 2.45) is 5.92 Å². The Labute approximate surface area is 84.7 Å². The van der Waals surface area contributed by atoms with E-state index in [1.165, 1.54) is 0 Å². The first-order valence-corrected chi connectivity index (χ1v) is 6.75. The lowest BCUT2D eigenvalue weighted by atomic mass is 9.79. The van der Waals surface area contributed by atoms with E-state index in [0.717, 1.165) is 32.1 Å². The van der Waals surface area contributed by atoms with E-state index in [9.17, 15) is 8.42 Å². The quantitative estimate of drug-likeness (QED) is 0.513. The van der Waals surface area contributed by atoms with Crippen molar-refractivity contribution >= 4 is 10.1 Å². The predicted molar refractivity (Wildman–Crippen MR) is 51.4 cm³/mol. The van der Waals surface area contributed by atoms with Crippen molar-refractivity contribution in [2.45, 2.75) is 37.9 Å². The van der Waals surface area contributed by atoms with Gasteiger partial charge in [0, 0.05) is 0 Å². The van der Waals surface area contributed by atoms with Crippen molar-refractivity contribution in [3.05, 3.63) is 0 Å². The lowest BCUT2D eigenvalue weighted by Gasteiger charge is -2.31. The molecule has 0 aromatic heterocycles. The third-order valence-corrected chi connectivity index (χ3v) is 3.85. The van der Waals surface area contributed by atoms with Crippen LogP contribution in [0.5, 0.6) is 0 Å². The Morgan fingerprint density at radius 1 is 1.50 bits per heavy atom. The van der Waals surface area contributed by atoms with Crippen LogP contribution in [0, 0.1) is 5.92 Å². The smallest absolute Gasteiger partial charge is 0.264 e. The van der Waals surface area contributed by atoms with Crippen molar-refractivity contribution in [1.29, 1.82) is 0 Å². The summed E-state index contributed by atoms with van der Waals surface area (Å²) in [7, 11) is -3.30. The van der Waals surface area contributed by atoms with Gasteiger partial charge in [-0.3, -0.25) is 4.18 Å². The molecule has 0 radical (unpaired) electrons. The van der Waals surface area contributed by atoms with Gasteiger partial charge >= 0.3 is 0 Å². The van der Waals surface area contributed by atoms with Gasteiger partial charge in [0.2, 0.25) is 0 Å². The monoisotopic (exact) mass is 220 g/mol. The largest absolute Gasteiger partial charge is 0.369 e. The summed E-state index contributed by atoms with van der Waals surface area (Å²) in [6.07, 6.45) is 3.46. The molecule has 1 spiro atoms. The summed E-state index contributed by atoms with van der Waals surface area (Å²) >= 11 is 0. The van der Waals surface area contributed by atoms with E-state index in [4.69, 9.17) is 8.92 Å². The topological polar surface area (TPSA) is 55.9 Å². The van der Waals surface area contributed by atoms with Crippen LogP contribution in [-0.4, -0.2) is 33.0 Å². The number of hydrogen-bond acceptors (Lipinski definition) is 4. The van der Waals surface area contributed by atoms with Crippen molar-refractivity contribution in [3.8, 4) is 0 Å². The molecule has 0 aromatic rings. The van der Waals surface area contributed by atoms with E-state index in [1.54, 1.807) is 0 Å². The molecule has 0 aromatic carbocycles. The predicted octanol–water partition coefficient (Wildman–Crippen LogP) is 0.920. The second kappa shape index (κ2) is 3.18. The van der Waals surface area contributed by atoms with Crippen LogP contribution < -0.4 is 0 Å². The average Bonchev–Trinajstić information content (AvgIpc) is 2.76. The Morgan fingerprint density at radius 3 is 2.57 bits per heavy atom. The van der Waals surface area contributed by atoms with Crippen LogP contribution in [0.3, 0.4) is 0 Å². The van der Waals surface area contributed by atoms with Crippen LogP contribution in [0.4, 0.5) is 0 Å². The second-order valence-corrected chi connectivity index (χ2v) is 6.05. The molecule has 4 nitrogen and oxygen atoms in total. The van der Waals surface area contributed by atoms with Crippen LogP contribution in [0.25, 0.3) is 0 Å². The highest BCUT2D eigenvalue weighted by Gasteiger charge is 2.52. The first-order valence-electron chi connectivity index (χ1n) is 4.93. The number of ether oxygens (including phenoxy) is 1. The molecule has 0 amide bonds. The molecular formula is C9H16O4S. The molecule has 82 valence electrons. The lowest BCUT2D eigenvalue weighted by Crippen LogP contribution is -2.35. The molecule has 14 heavy (non-hydrogen) atoms. The molecule has 2 aliphatic rings. The normalized spacial score (nSPS) is 42.7. The van der Waals surface area contributed by atoms with Crippen LogP contribution in [0.1, 0.15) is 26.2 Å². The van der Waals surface area contributed by atoms with Gasteiger partial charge in [-0.05, 0) is 25.2 Å². The third-order valence-electron chi connectivity index (χ3n) is 3.23. The first-order chi connectivity index (χ1) is 6.41. The highest BCUT2D eigenvalue weighted by atomic mass is 32.2. The fourth-order valence-corrected chi connectivity index (χ4v) is 2.90. The molecule has 1 heterocycles. The minimum Gasteiger partial charge on any atom is -0.369 e. The summed E-state index contributed by atoms with van der Waals surface area (Å²) < 4.78 is 32.3. The Kier molecular flexibility index (Phi) is 2.36. The van der Waals surface area contributed by atoms with E-state index in [2.05, 4.69) is 6.92 Å². The summed E-state index contributed by atoms with van der Waals surface area (Å²) in [6.45, 7) is 2.94. The van der Waals surface area contributed by atoms with Gasteiger partial charge in [0.15, 0.2) is 0 Å². The molecule has 3 atom stereocenters. The molecule has 1 saturated carbocycles. The fourth-order valence-electron chi connectivity index (χ4n) is 2.23. The molecule has 5 heteroatoms. The zero-order valence-corrected chi connectivity index (χ0v) is 9.34. The Morgan fingerprint density at radius 2 is 2.14 bits per heavy atom. The molecule has 2 rings (SSSR count). The van der Waals surface area contributed by atoms with Gasteiger partial charge in [-0.2, -0.15) is 8.42 Å². The summed E-state index contributed by atoms with van der Waals surface area (Å²) in [5.41, 5.74) is 0.0668. The number of rotatable bonds is 2. The second-order valence-electron chi connectivity index (χ2n) is 4.45. The molecule has 1 saturated heterocycles. The van der Waals surface area contributed by atoms with E-state index in [-0.39, 0.29) is 11.7 Å². The first kappa shape index (κ1) is 10.4. The summed E-state index contributed by atoms with van der Waals surface area (Å²) in [4.78, 5) is 0. The highest BCUT2D eigenvalue weighted by molar-refractivity contribution is 7.86. The van der Waals surface area contributed by atoms with Gasteiger partial charge in [-0.15, -0.1) is 0 Å². The van der Waals surface area contributed by atoms with Gasteiger partial charge in [-0.1, -0.05) is 6.92 Å². The molecule has 1 aliphatic heterocycles. The standard InChI is InChI=1S/C9H16O4S/c1-7-5-8(13-14(2,10)11)3-4-9(7)6-12-9/h7-8H,3-6H2,1-2H3. The average molecular weight is 220 g/mol. The lowest BCUT2D eigenvalue weighted by molar-refractivity contribution is 0.0759. The zero-order chi connectivity index (χ0) is 10.4. The maximum Gasteiger partial charge on any atom is 0.264 e. The van der Waals surface area contributed by atoms with Crippen LogP contribution >= 0.6 is 0 Å². The third kappa shape index (κ3) is 2.10. The summed E-state index contributed by atoms with van der Waals surface area (Å²) in [5, 5.41) is 0. The van der Waals surface area contributed by atoms with E-state index < -0.39 is 10.1 Å². The van der Waals surface area contributed by atoms with Crippen molar-refractivity contribution in [3.63, 3.8) is 0 Å². The zero-order valence-electron chi connectivity index (χ0n) is 8.52. The van der Waals surface area contributed by atoms with Crippen LogP contribution in [0.2, 0.25) is 0 Å². The van der Waals surface area contributed by atoms with Crippen LogP contribution in [0.15, 0.2) is 0 Å². The maximum absolute atomic E-state index is 10.9. The summed E-state index contributed by atoms with van der Waals surface area (Å²) in [5.74, 6) is 0.406. The molecular weight excluding hydrogens is 204 g/mol. The minimum atomic E-state index is -3.30. The molecule has 3 unspecified atom stereocenters. The van der Waals surface area contributed by atoms with Gasteiger partial charge in [0.05, 0.1) is 24.6 Å². The van der Waals surface area contributed by atoms with Crippen molar-refractivity contribution < 1.29 is 17.3 Å². The van der Waals surface area contributed by atoms with Gasteiger partial charge in [-0.25, -0.2) is 0 Å². The SMILES string of the molecule is CC1CC(OS(C)(=O)=O)CCC12CO2. The Balaban J connectivity index is 1.93. The van der Waals surface area contributed by atoms with Crippen molar-refractivity contribution in [2.75, 3.05) is 12.9 Å². The maximum atomic E-state index is 10.9. The molecule has 0 N–H and O–H groups in total. The van der Waals surface area contributed by atoms with Gasteiger partial charge < -0.3 is 4.74 Å². The highest BCUT2D eigenvalue weighted by Crippen LogP contribution is 2.46. The van der Waals surface area contributed by atoms with E-state index >= 15 is 0 Å². The Hall–Kier alpha value is -0.130. The molecule has 0 bridgehead atoms. The number of epoxide rings is 1. The summed E-state index contributed by atoms with van der Waals surface area (Å²) in [6, 6.07) is 0.